The van der Waals surface area contributed by atoms with Crippen molar-refractivity contribution in [3.63, 3.8) is 0 Å². The number of nitrogens with one attached hydrogen (secondary N) is 3. The Morgan fingerprint density at radius 3 is 2.29 bits per heavy atom. The SMILES string of the molecule is Cc1c(NC(=O)CCC2CCNCC2)cccc1NC(=O)c1ccccc1.Cl. The number of piperidine rings is 1. The fourth-order valence-electron chi connectivity index (χ4n) is 3.41. The first-order chi connectivity index (χ1) is 13.1. The zero-order valence-corrected chi connectivity index (χ0v) is 17.0. The van der Waals surface area contributed by atoms with Gasteiger partial charge in [-0.15, -0.1) is 12.4 Å². The van der Waals surface area contributed by atoms with E-state index in [4.69, 9.17) is 0 Å². The molecule has 1 aliphatic rings. The third-order valence-electron chi connectivity index (χ3n) is 5.13. The Bertz CT molecular complexity index is 790. The van der Waals surface area contributed by atoms with Gasteiger partial charge in [-0.25, -0.2) is 0 Å². The molecule has 0 spiro atoms. The molecule has 0 unspecified atom stereocenters. The van der Waals surface area contributed by atoms with E-state index in [0.29, 0.717) is 23.6 Å². The smallest absolute Gasteiger partial charge is 0.255 e. The minimum absolute atomic E-state index is 0. The molecular weight excluding hydrogens is 374 g/mol. The maximum Gasteiger partial charge on any atom is 0.255 e. The van der Waals surface area contributed by atoms with E-state index in [-0.39, 0.29) is 24.2 Å². The van der Waals surface area contributed by atoms with Crippen molar-refractivity contribution in [3.8, 4) is 0 Å². The molecule has 6 heteroatoms. The highest BCUT2D eigenvalue weighted by Gasteiger charge is 2.15. The molecule has 0 aliphatic carbocycles. The molecule has 5 nitrogen and oxygen atoms in total. The Kier molecular flexibility index (Phi) is 8.48. The largest absolute Gasteiger partial charge is 0.326 e. The number of halogens is 1. The molecule has 2 aromatic carbocycles. The van der Waals surface area contributed by atoms with Gasteiger partial charge in [0.15, 0.2) is 0 Å². The topological polar surface area (TPSA) is 70.2 Å². The number of amides is 2. The van der Waals surface area contributed by atoms with E-state index in [1.54, 1.807) is 12.1 Å². The molecule has 0 saturated carbocycles. The van der Waals surface area contributed by atoms with Crippen LogP contribution in [0.15, 0.2) is 48.5 Å². The van der Waals surface area contributed by atoms with E-state index in [1.807, 2.05) is 43.3 Å². The number of carbonyl (C=O) groups is 2. The Hall–Kier alpha value is -2.37. The van der Waals surface area contributed by atoms with Crippen molar-refractivity contribution in [2.75, 3.05) is 23.7 Å². The van der Waals surface area contributed by atoms with Crippen molar-refractivity contribution >= 4 is 35.6 Å². The summed E-state index contributed by atoms with van der Waals surface area (Å²) >= 11 is 0. The summed E-state index contributed by atoms with van der Waals surface area (Å²) in [4.78, 5) is 24.7. The maximum atomic E-state index is 12.4. The van der Waals surface area contributed by atoms with Gasteiger partial charge < -0.3 is 16.0 Å². The summed E-state index contributed by atoms with van der Waals surface area (Å²) in [6, 6.07) is 14.7. The number of hydrogen-bond acceptors (Lipinski definition) is 3. The van der Waals surface area contributed by atoms with Crippen LogP contribution in [0, 0.1) is 12.8 Å². The third-order valence-corrected chi connectivity index (χ3v) is 5.13. The first kappa shape index (κ1) is 21.9. The van der Waals surface area contributed by atoms with Gasteiger partial charge in [0.1, 0.15) is 0 Å². The summed E-state index contributed by atoms with van der Waals surface area (Å²) in [5.41, 5.74) is 2.92. The lowest BCUT2D eigenvalue weighted by Crippen LogP contribution is -2.28. The summed E-state index contributed by atoms with van der Waals surface area (Å²) in [5.74, 6) is 0.505. The highest BCUT2D eigenvalue weighted by atomic mass is 35.5. The van der Waals surface area contributed by atoms with Crippen molar-refractivity contribution < 1.29 is 9.59 Å². The van der Waals surface area contributed by atoms with Crippen LogP contribution in [-0.4, -0.2) is 24.9 Å². The summed E-state index contributed by atoms with van der Waals surface area (Å²) in [6.45, 7) is 4.01. The molecular formula is C22H28ClN3O2. The third kappa shape index (κ3) is 6.08. The number of carbonyl (C=O) groups excluding carboxylic acids is 2. The molecule has 0 aromatic heterocycles. The lowest BCUT2D eigenvalue weighted by molar-refractivity contribution is -0.116. The fourth-order valence-corrected chi connectivity index (χ4v) is 3.41. The van der Waals surface area contributed by atoms with Crippen molar-refractivity contribution in [1.82, 2.24) is 5.32 Å². The second kappa shape index (κ2) is 10.8. The van der Waals surface area contributed by atoms with E-state index in [9.17, 15) is 9.59 Å². The summed E-state index contributed by atoms with van der Waals surface area (Å²) < 4.78 is 0. The average molecular weight is 402 g/mol. The van der Waals surface area contributed by atoms with Crippen molar-refractivity contribution in [1.29, 1.82) is 0 Å². The summed E-state index contributed by atoms with van der Waals surface area (Å²) in [5, 5.41) is 9.27. The molecule has 2 amide bonds. The van der Waals surface area contributed by atoms with E-state index >= 15 is 0 Å². The Morgan fingerprint density at radius 1 is 0.964 bits per heavy atom. The van der Waals surface area contributed by atoms with Crippen molar-refractivity contribution in [2.45, 2.75) is 32.6 Å². The van der Waals surface area contributed by atoms with Crippen molar-refractivity contribution in [3.05, 3.63) is 59.7 Å². The van der Waals surface area contributed by atoms with Crippen LogP contribution in [0.4, 0.5) is 11.4 Å². The van der Waals surface area contributed by atoms with Crippen LogP contribution in [0.5, 0.6) is 0 Å². The first-order valence-electron chi connectivity index (χ1n) is 9.60. The van der Waals surface area contributed by atoms with Gasteiger partial charge in [0.25, 0.3) is 5.91 Å². The molecule has 0 atom stereocenters. The molecule has 2 aromatic rings. The maximum absolute atomic E-state index is 12.4. The highest BCUT2D eigenvalue weighted by molar-refractivity contribution is 6.05. The van der Waals surface area contributed by atoms with Crippen LogP contribution < -0.4 is 16.0 Å². The van der Waals surface area contributed by atoms with Crippen LogP contribution in [0.2, 0.25) is 0 Å². The number of anilines is 2. The van der Waals surface area contributed by atoms with E-state index in [0.717, 1.165) is 43.6 Å². The predicted octanol–water partition coefficient (Wildman–Crippen LogP) is 4.39. The van der Waals surface area contributed by atoms with Gasteiger partial charge in [0.05, 0.1) is 0 Å². The van der Waals surface area contributed by atoms with Gasteiger partial charge in [-0.1, -0.05) is 24.3 Å². The Balaban J connectivity index is 0.00000280. The minimum atomic E-state index is -0.159. The summed E-state index contributed by atoms with van der Waals surface area (Å²) in [6.07, 6.45) is 3.75. The Morgan fingerprint density at radius 2 is 1.61 bits per heavy atom. The minimum Gasteiger partial charge on any atom is -0.326 e. The van der Waals surface area contributed by atoms with Crippen LogP contribution in [0.3, 0.4) is 0 Å². The molecule has 150 valence electrons. The number of rotatable bonds is 6. The van der Waals surface area contributed by atoms with Gasteiger partial charge in [-0.3, -0.25) is 9.59 Å². The molecule has 1 aliphatic heterocycles. The first-order valence-corrected chi connectivity index (χ1v) is 9.60. The standard InChI is InChI=1S/C22H27N3O2.ClH/c1-16-19(24-21(26)11-10-17-12-14-23-15-13-17)8-5-9-20(16)25-22(27)18-6-3-2-4-7-18;/h2-9,17,23H,10-15H2,1H3,(H,24,26)(H,25,27);1H. The second-order valence-corrected chi connectivity index (χ2v) is 7.08. The summed E-state index contributed by atoms with van der Waals surface area (Å²) in [7, 11) is 0. The lowest BCUT2D eigenvalue weighted by Gasteiger charge is -2.22. The predicted molar refractivity (Wildman–Crippen MR) is 116 cm³/mol. The van der Waals surface area contributed by atoms with Gasteiger partial charge in [0.2, 0.25) is 5.91 Å². The molecule has 0 bridgehead atoms. The van der Waals surface area contributed by atoms with Crippen LogP contribution in [0.1, 0.15) is 41.6 Å². The van der Waals surface area contributed by atoms with E-state index in [2.05, 4.69) is 16.0 Å². The van der Waals surface area contributed by atoms with E-state index in [1.165, 1.54) is 0 Å². The van der Waals surface area contributed by atoms with Crippen LogP contribution >= 0.6 is 12.4 Å². The number of benzene rings is 2. The zero-order chi connectivity index (χ0) is 19.1. The molecule has 1 fully saturated rings. The molecule has 3 N–H and O–H groups in total. The van der Waals surface area contributed by atoms with Gasteiger partial charge in [-0.05, 0) is 75.0 Å². The van der Waals surface area contributed by atoms with Crippen LogP contribution in [-0.2, 0) is 4.79 Å². The average Bonchev–Trinajstić information content (AvgIpc) is 2.71. The normalized spacial score (nSPS) is 14.0. The van der Waals surface area contributed by atoms with Gasteiger partial charge >= 0.3 is 0 Å². The highest BCUT2D eigenvalue weighted by Crippen LogP contribution is 2.25. The zero-order valence-electron chi connectivity index (χ0n) is 16.2. The fraction of sp³-hybridized carbons (Fsp3) is 0.364. The molecule has 0 radical (unpaired) electrons. The van der Waals surface area contributed by atoms with E-state index < -0.39 is 0 Å². The molecule has 3 rings (SSSR count). The second-order valence-electron chi connectivity index (χ2n) is 7.08. The Labute approximate surface area is 172 Å². The molecule has 1 saturated heterocycles. The van der Waals surface area contributed by atoms with Gasteiger partial charge in [-0.2, -0.15) is 0 Å². The molecule has 28 heavy (non-hydrogen) atoms. The molecule has 1 heterocycles. The van der Waals surface area contributed by atoms with Crippen molar-refractivity contribution in [2.24, 2.45) is 5.92 Å². The lowest BCUT2D eigenvalue weighted by atomic mass is 9.93. The monoisotopic (exact) mass is 401 g/mol. The van der Waals surface area contributed by atoms with Crippen LogP contribution in [0.25, 0.3) is 0 Å². The van der Waals surface area contributed by atoms with Gasteiger partial charge in [0, 0.05) is 23.4 Å². The quantitative estimate of drug-likeness (QED) is 0.672. The number of hydrogen-bond donors (Lipinski definition) is 3.